The van der Waals surface area contributed by atoms with E-state index in [0.717, 1.165) is 22.3 Å². The predicted octanol–water partition coefficient (Wildman–Crippen LogP) is 1.75. The van der Waals surface area contributed by atoms with Gasteiger partial charge in [-0.05, 0) is 24.7 Å². The molecule has 11 heavy (non-hydrogen) atoms. The van der Waals surface area contributed by atoms with Gasteiger partial charge >= 0.3 is 0 Å². The average molecular weight is 215 g/mol. The Labute approximate surface area is 74.9 Å². The van der Waals surface area contributed by atoms with E-state index in [1.54, 1.807) is 0 Å². The summed E-state index contributed by atoms with van der Waals surface area (Å²) in [6.45, 7) is 0.819. The minimum absolute atomic E-state index is 0.819. The zero-order chi connectivity index (χ0) is 8.27. The monoisotopic (exact) mass is 214 g/mol. The second-order valence-electron chi connectivity index (χ2n) is 2.37. The SMILES string of the molecule is CNCc1ccc(Br)cc1N. The summed E-state index contributed by atoms with van der Waals surface area (Å²) in [7, 11) is 1.90. The van der Waals surface area contributed by atoms with E-state index in [1.807, 2.05) is 25.2 Å². The second-order valence-corrected chi connectivity index (χ2v) is 3.29. The van der Waals surface area contributed by atoms with E-state index in [2.05, 4.69) is 21.2 Å². The summed E-state index contributed by atoms with van der Waals surface area (Å²) in [5.41, 5.74) is 7.70. The highest BCUT2D eigenvalue weighted by Gasteiger charge is 1.96. The molecule has 1 rings (SSSR count). The average Bonchev–Trinajstić information content (AvgIpc) is 1.95. The van der Waals surface area contributed by atoms with Crippen molar-refractivity contribution in [2.45, 2.75) is 6.54 Å². The van der Waals surface area contributed by atoms with E-state index in [-0.39, 0.29) is 0 Å². The lowest BCUT2D eigenvalue weighted by Crippen LogP contribution is -2.07. The van der Waals surface area contributed by atoms with Crippen LogP contribution in [0, 0.1) is 0 Å². The number of benzene rings is 1. The maximum atomic E-state index is 5.74. The summed E-state index contributed by atoms with van der Waals surface area (Å²) in [5, 5.41) is 3.05. The number of nitrogen functional groups attached to an aromatic ring is 1. The number of nitrogens with one attached hydrogen (secondary N) is 1. The van der Waals surface area contributed by atoms with Crippen LogP contribution in [0.3, 0.4) is 0 Å². The number of anilines is 1. The quantitative estimate of drug-likeness (QED) is 0.737. The molecule has 2 nitrogen and oxygen atoms in total. The number of halogens is 1. The standard InChI is InChI=1S/C8H11BrN2/c1-11-5-6-2-3-7(9)4-8(6)10/h2-4,11H,5,10H2,1H3. The molecule has 0 radical (unpaired) electrons. The van der Waals surface area contributed by atoms with Gasteiger partial charge in [0.1, 0.15) is 0 Å². The topological polar surface area (TPSA) is 38.0 Å². The molecule has 0 spiro atoms. The molecule has 1 aromatic carbocycles. The van der Waals surface area contributed by atoms with Crippen LogP contribution in [0.15, 0.2) is 22.7 Å². The Morgan fingerprint density at radius 1 is 1.55 bits per heavy atom. The van der Waals surface area contributed by atoms with Crippen LogP contribution in [0.1, 0.15) is 5.56 Å². The molecule has 0 bridgehead atoms. The van der Waals surface area contributed by atoms with Crippen LogP contribution in [-0.4, -0.2) is 7.05 Å². The first-order valence-corrected chi connectivity index (χ1v) is 4.22. The molecule has 0 unspecified atom stereocenters. The summed E-state index contributed by atoms with van der Waals surface area (Å²) < 4.78 is 1.02. The highest BCUT2D eigenvalue weighted by atomic mass is 79.9. The molecule has 0 aliphatic rings. The Morgan fingerprint density at radius 3 is 2.82 bits per heavy atom. The summed E-state index contributed by atoms with van der Waals surface area (Å²) in [4.78, 5) is 0. The van der Waals surface area contributed by atoms with Gasteiger partial charge < -0.3 is 11.1 Å². The fourth-order valence-corrected chi connectivity index (χ4v) is 1.30. The van der Waals surface area contributed by atoms with Gasteiger partial charge in [-0.15, -0.1) is 0 Å². The van der Waals surface area contributed by atoms with Gasteiger partial charge in [0.05, 0.1) is 0 Å². The predicted molar refractivity (Wildman–Crippen MR) is 51.3 cm³/mol. The zero-order valence-electron chi connectivity index (χ0n) is 6.39. The molecule has 0 saturated carbocycles. The van der Waals surface area contributed by atoms with Gasteiger partial charge in [0.2, 0.25) is 0 Å². The van der Waals surface area contributed by atoms with Crippen molar-refractivity contribution < 1.29 is 0 Å². The van der Waals surface area contributed by atoms with E-state index in [9.17, 15) is 0 Å². The van der Waals surface area contributed by atoms with Crippen LogP contribution in [0.5, 0.6) is 0 Å². The fraction of sp³-hybridized carbons (Fsp3) is 0.250. The highest BCUT2D eigenvalue weighted by molar-refractivity contribution is 9.10. The molecule has 0 saturated heterocycles. The summed E-state index contributed by atoms with van der Waals surface area (Å²) in [5.74, 6) is 0. The molecule has 3 heteroatoms. The maximum absolute atomic E-state index is 5.74. The summed E-state index contributed by atoms with van der Waals surface area (Å²) in [6, 6.07) is 5.91. The van der Waals surface area contributed by atoms with Crippen LogP contribution < -0.4 is 11.1 Å². The van der Waals surface area contributed by atoms with Crippen molar-refractivity contribution in [2.75, 3.05) is 12.8 Å². The molecular weight excluding hydrogens is 204 g/mol. The van der Waals surface area contributed by atoms with Crippen LogP contribution in [0.4, 0.5) is 5.69 Å². The first kappa shape index (κ1) is 8.56. The van der Waals surface area contributed by atoms with Gasteiger partial charge in [0.25, 0.3) is 0 Å². The molecular formula is C8H11BrN2. The highest BCUT2D eigenvalue weighted by Crippen LogP contribution is 2.17. The molecule has 0 atom stereocenters. The normalized spacial score (nSPS) is 10.0. The third-order valence-electron chi connectivity index (χ3n) is 1.48. The van der Waals surface area contributed by atoms with Gasteiger partial charge in [0, 0.05) is 16.7 Å². The van der Waals surface area contributed by atoms with Crippen molar-refractivity contribution in [3.63, 3.8) is 0 Å². The summed E-state index contributed by atoms with van der Waals surface area (Å²) in [6.07, 6.45) is 0. The molecule has 0 fully saturated rings. The van der Waals surface area contributed by atoms with Crippen LogP contribution >= 0.6 is 15.9 Å². The first-order chi connectivity index (χ1) is 5.24. The van der Waals surface area contributed by atoms with Crippen molar-refractivity contribution in [3.8, 4) is 0 Å². The van der Waals surface area contributed by atoms with Gasteiger partial charge in [-0.1, -0.05) is 22.0 Å². The van der Waals surface area contributed by atoms with Crippen molar-refractivity contribution >= 4 is 21.6 Å². The van der Waals surface area contributed by atoms with E-state index in [4.69, 9.17) is 5.73 Å². The largest absolute Gasteiger partial charge is 0.398 e. The Kier molecular flexibility index (Phi) is 2.91. The fourth-order valence-electron chi connectivity index (χ4n) is 0.917. The van der Waals surface area contributed by atoms with Crippen molar-refractivity contribution in [1.82, 2.24) is 5.32 Å². The van der Waals surface area contributed by atoms with E-state index in [0.29, 0.717) is 0 Å². The first-order valence-electron chi connectivity index (χ1n) is 3.42. The maximum Gasteiger partial charge on any atom is 0.0370 e. The zero-order valence-corrected chi connectivity index (χ0v) is 7.98. The Balaban J connectivity index is 2.90. The smallest absolute Gasteiger partial charge is 0.0370 e. The molecule has 0 aliphatic heterocycles. The summed E-state index contributed by atoms with van der Waals surface area (Å²) >= 11 is 3.35. The van der Waals surface area contributed by atoms with Crippen molar-refractivity contribution in [3.05, 3.63) is 28.2 Å². The van der Waals surface area contributed by atoms with Crippen LogP contribution in [-0.2, 0) is 6.54 Å². The van der Waals surface area contributed by atoms with Gasteiger partial charge in [0.15, 0.2) is 0 Å². The lowest BCUT2D eigenvalue weighted by atomic mass is 10.2. The molecule has 0 aromatic heterocycles. The number of nitrogens with two attached hydrogens (primary N) is 1. The molecule has 60 valence electrons. The Hall–Kier alpha value is -0.540. The van der Waals surface area contributed by atoms with Crippen molar-refractivity contribution in [2.24, 2.45) is 0 Å². The van der Waals surface area contributed by atoms with Gasteiger partial charge in [-0.3, -0.25) is 0 Å². The molecule has 0 heterocycles. The van der Waals surface area contributed by atoms with E-state index in [1.165, 1.54) is 0 Å². The molecule has 1 aromatic rings. The van der Waals surface area contributed by atoms with E-state index >= 15 is 0 Å². The minimum Gasteiger partial charge on any atom is -0.398 e. The lowest BCUT2D eigenvalue weighted by molar-refractivity contribution is 0.820. The Bertz CT molecular complexity index is 248. The van der Waals surface area contributed by atoms with Crippen LogP contribution in [0.2, 0.25) is 0 Å². The van der Waals surface area contributed by atoms with Crippen molar-refractivity contribution in [1.29, 1.82) is 0 Å². The molecule has 3 N–H and O–H groups in total. The minimum atomic E-state index is 0.819. The number of rotatable bonds is 2. The van der Waals surface area contributed by atoms with E-state index < -0.39 is 0 Å². The van der Waals surface area contributed by atoms with Crippen LogP contribution in [0.25, 0.3) is 0 Å². The number of hydrogen-bond acceptors (Lipinski definition) is 2. The number of hydrogen-bond donors (Lipinski definition) is 2. The third kappa shape index (κ3) is 2.20. The Morgan fingerprint density at radius 2 is 2.27 bits per heavy atom. The third-order valence-corrected chi connectivity index (χ3v) is 1.97. The lowest BCUT2D eigenvalue weighted by Gasteiger charge is -2.04. The second kappa shape index (κ2) is 3.74. The van der Waals surface area contributed by atoms with Gasteiger partial charge in [-0.25, -0.2) is 0 Å². The molecule has 0 aliphatic carbocycles. The van der Waals surface area contributed by atoms with Gasteiger partial charge in [-0.2, -0.15) is 0 Å². The molecule has 0 amide bonds.